The molecule has 1 aliphatic carbocycles. The van der Waals surface area contributed by atoms with Crippen LogP contribution in [0, 0.1) is 5.92 Å². The summed E-state index contributed by atoms with van der Waals surface area (Å²) in [6.07, 6.45) is 14.6. The van der Waals surface area contributed by atoms with E-state index in [0.717, 1.165) is 24.8 Å². The minimum atomic E-state index is -0.677. The minimum absolute atomic E-state index is 0.294. The molecule has 0 saturated heterocycles. The summed E-state index contributed by atoms with van der Waals surface area (Å²) in [7, 11) is 0. The highest BCUT2D eigenvalue weighted by molar-refractivity contribution is 5.73. The highest BCUT2D eigenvalue weighted by atomic mass is 16.4. The molecule has 0 bridgehead atoms. The molecule has 1 aliphatic rings. The Morgan fingerprint density at radius 2 is 1.59 bits per heavy atom. The SMILES string of the molecule is CC(C(=O)O)C1=CCCCCCCCCCC1. The molecule has 0 heterocycles. The molecule has 0 amide bonds. The van der Waals surface area contributed by atoms with Gasteiger partial charge in [0.15, 0.2) is 0 Å². The van der Waals surface area contributed by atoms with Gasteiger partial charge in [0.1, 0.15) is 0 Å². The third-order valence-electron chi connectivity index (χ3n) is 3.75. The molecule has 0 aromatic heterocycles. The lowest BCUT2D eigenvalue weighted by Crippen LogP contribution is -2.12. The second kappa shape index (κ2) is 8.32. The van der Waals surface area contributed by atoms with E-state index in [1.165, 1.54) is 44.9 Å². The van der Waals surface area contributed by atoms with Crippen LogP contribution in [-0.4, -0.2) is 11.1 Å². The van der Waals surface area contributed by atoms with E-state index in [1.54, 1.807) is 0 Å². The van der Waals surface area contributed by atoms with Crippen LogP contribution in [0.1, 0.15) is 71.1 Å². The molecule has 0 spiro atoms. The highest BCUT2D eigenvalue weighted by Crippen LogP contribution is 2.22. The zero-order valence-electron chi connectivity index (χ0n) is 11.1. The molecule has 0 radical (unpaired) electrons. The van der Waals surface area contributed by atoms with E-state index in [1.807, 2.05) is 6.92 Å². The average molecular weight is 238 g/mol. The molecule has 98 valence electrons. The van der Waals surface area contributed by atoms with Gasteiger partial charge >= 0.3 is 5.97 Å². The minimum Gasteiger partial charge on any atom is -0.481 e. The number of carboxylic acid groups (broad SMARTS) is 1. The van der Waals surface area contributed by atoms with Gasteiger partial charge < -0.3 is 5.11 Å². The number of carbonyl (C=O) groups is 1. The van der Waals surface area contributed by atoms with Crippen molar-refractivity contribution in [3.8, 4) is 0 Å². The van der Waals surface area contributed by atoms with Crippen molar-refractivity contribution in [3.05, 3.63) is 11.6 Å². The lowest BCUT2D eigenvalue weighted by molar-refractivity contribution is -0.139. The van der Waals surface area contributed by atoms with Crippen molar-refractivity contribution in [2.75, 3.05) is 0 Å². The largest absolute Gasteiger partial charge is 0.481 e. The van der Waals surface area contributed by atoms with Crippen LogP contribution < -0.4 is 0 Å². The third-order valence-corrected chi connectivity index (χ3v) is 3.75. The van der Waals surface area contributed by atoms with Crippen molar-refractivity contribution in [3.63, 3.8) is 0 Å². The maximum atomic E-state index is 11.0. The summed E-state index contributed by atoms with van der Waals surface area (Å²) in [6.45, 7) is 1.82. The van der Waals surface area contributed by atoms with Crippen molar-refractivity contribution in [2.45, 2.75) is 71.1 Å². The molecule has 0 aromatic rings. The monoisotopic (exact) mass is 238 g/mol. The molecule has 2 nitrogen and oxygen atoms in total. The zero-order valence-corrected chi connectivity index (χ0v) is 11.1. The van der Waals surface area contributed by atoms with Crippen molar-refractivity contribution < 1.29 is 9.90 Å². The number of carboxylic acids is 1. The van der Waals surface area contributed by atoms with Gasteiger partial charge in [-0.05, 0) is 32.6 Å². The van der Waals surface area contributed by atoms with Crippen LogP contribution in [0.15, 0.2) is 11.6 Å². The van der Waals surface area contributed by atoms with E-state index in [9.17, 15) is 4.79 Å². The lowest BCUT2D eigenvalue weighted by atomic mass is 9.93. The predicted molar refractivity (Wildman–Crippen MR) is 71.1 cm³/mol. The van der Waals surface area contributed by atoms with Crippen LogP contribution in [0.3, 0.4) is 0 Å². The van der Waals surface area contributed by atoms with Crippen LogP contribution in [0.25, 0.3) is 0 Å². The molecule has 0 aromatic carbocycles. The first-order chi connectivity index (χ1) is 8.22. The smallest absolute Gasteiger partial charge is 0.310 e. The first-order valence-corrected chi connectivity index (χ1v) is 7.13. The number of allylic oxidation sites excluding steroid dienone is 1. The van der Waals surface area contributed by atoms with Crippen molar-refractivity contribution in [1.82, 2.24) is 0 Å². The van der Waals surface area contributed by atoms with Gasteiger partial charge in [0, 0.05) is 0 Å². The first-order valence-electron chi connectivity index (χ1n) is 7.13. The Balaban J connectivity index is 2.53. The van der Waals surface area contributed by atoms with Crippen LogP contribution in [-0.2, 0) is 4.79 Å². The molecular weight excluding hydrogens is 212 g/mol. The number of aliphatic carboxylic acids is 1. The molecule has 1 unspecified atom stereocenters. The predicted octanol–water partition coefficient (Wildman–Crippen LogP) is 4.55. The third kappa shape index (κ3) is 5.90. The Morgan fingerprint density at radius 1 is 1.06 bits per heavy atom. The highest BCUT2D eigenvalue weighted by Gasteiger charge is 2.15. The Morgan fingerprint density at radius 3 is 2.18 bits per heavy atom. The summed E-state index contributed by atoms with van der Waals surface area (Å²) in [6, 6.07) is 0. The second-order valence-electron chi connectivity index (χ2n) is 5.21. The lowest BCUT2D eigenvalue weighted by Gasteiger charge is -2.13. The second-order valence-corrected chi connectivity index (χ2v) is 5.21. The Labute approximate surface area is 105 Å². The van der Waals surface area contributed by atoms with Crippen molar-refractivity contribution >= 4 is 5.97 Å². The standard InChI is InChI=1S/C15H26O2/c1-13(15(16)17)14-11-9-7-5-3-2-4-6-8-10-12-14/h11,13H,2-10,12H2,1H3,(H,16,17). The Hall–Kier alpha value is -0.790. The van der Waals surface area contributed by atoms with Gasteiger partial charge in [-0.25, -0.2) is 0 Å². The normalized spacial score (nSPS) is 21.8. The van der Waals surface area contributed by atoms with Gasteiger partial charge in [-0.1, -0.05) is 50.2 Å². The average Bonchev–Trinajstić information content (AvgIpc) is 2.29. The molecule has 1 atom stereocenters. The van der Waals surface area contributed by atoms with Crippen LogP contribution >= 0.6 is 0 Å². The molecule has 0 saturated carbocycles. The molecular formula is C15H26O2. The maximum Gasteiger partial charge on any atom is 0.310 e. The van der Waals surface area contributed by atoms with Gasteiger partial charge in [0.25, 0.3) is 0 Å². The van der Waals surface area contributed by atoms with Gasteiger partial charge in [0.2, 0.25) is 0 Å². The van der Waals surface area contributed by atoms with Crippen molar-refractivity contribution in [2.24, 2.45) is 5.92 Å². The summed E-state index contributed by atoms with van der Waals surface area (Å²) < 4.78 is 0. The van der Waals surface area contributed by atoms with Gasteiger partial charge in [-0.3, -0.25) is 4.79 Å². The van der Waals surface area contributed by atoms with Crippen LogP contribution in [0.2, 0.25) is 0 Å². The zero-order chi connectivity index (χ0) is 12.5. The Bertz CT molecular complexity index is 256. The fraction of sp³-hybridized carbons (Fsp3) is 0.800. The fourth-order valence-electron chi connectivity index (χ4n) is 2.48. The molecule has 0 aliphatic heterocycles. The van der Waals surface area contributed by atoms with E-state index in [-0.39, 0.29) is 5.92 Å². The van der Waals surface area contributed by atoms with E-state index in [2.05, 4.69) is 6.08 Å². The Kier molecular flexibility index (Phi) is 6.99. The summed E-state index contributed by atoms with van der Waals surface area (Å²) in [4.78, 5) is 11.0. The fourth-order valence-corrected chi connectivity index (χ4v) is 2.48. The number of hydrogen-bond acceptors (Lipinski definition) is 1. The summed E-state index contributed by atoms with van der Waals surface area (Å²) >= 11 is 0. The summed E-state index contributed by atoms with van der Waals surface area (Å²) in [5.74, 6) is -0.971. The van der Waals surface area contributed by atoms with E-state index in [4.69, 9.17) is 5.11 Å². The van der Waals surface area contributed by atoms with Crippen molar-refractivity contribution in [1.29, 1.82) is 0 Å². The van der Waals surface area contributed by atoms with Gasteiger partial charge in [0.05, 0.1) is 5.92 Å². The molecule has 17 heavy (non-hydrogen) atoms. The molecule has 1 rings (SSSR count). The van der Waals surface area contributed by atoms with E-state index >= 15 is 0 Å². The number of rotatable bonds is 2. The summed E-state index contributed by atoms with van der Waals surface area (Å²) in [5.41, 5.74) is 1.15. The van der Waals surface area contributed by atoms with E-state index < -0.39 is 5.97 Å². The molecule has 0 fully saturated rings. The summed E-state index contributed by atoms with van der Waals surface area (Å²) in [5, 5.41) is 9.08. The maximum absolute atomic E-state index is 11.0. The molecule has 1 N–H and O–H groups in total. The van der Waals surface area contributed by atoms with E-state index in [0.29, 0.717) is 0 Å². The number of hydrogen-bond donors (Lipinski definition) is 1. The van der Waals surface area contributed by atoms with Gasteiger partial charge in [-0.2, -0.15) is 0 Å². The molecule has 2 heteroatoms. The van der Waals surface area contributed by atoms with Crippen LogP contribution in [0.4, 0.5) is 0 Å². The topological polar surface area (TPSA) is 37.3 Å². The van der Waals surface area contributed by atoms with Crippen LogP contribution in [0.5, 0.6) is 0 Å². The quantitative estimate of drug-likeness (QED) is 0.717. The first kappa shape index (κ1) is 14.3. The van der Waals surface area contributed by atoms with Gasteiger partial charge in [-0.15, -0.1) is 0 Å².